The van der Waals surface area contributed by atoms with E-state index in [1.165, 1.54) is 68.1 Å². The average Bonchev–Trinajstić information content (AvgIpc) is 2.58. The fraction of sp³-hybridized carbons (Fsp3) is 0.476. The summed E-state index contributed by atoms with van der Waals surface area (Å²) < 4.78 is 0. The first-order valence-corrected chi connectivity index (χ1v) is 8.86. The Labute approximate surface area is 135 Å². The number of hydrogen-bond donors (Lipinski definition) is 0. The van der Waals surface area contributed by atoms with E-state index in [1.807, 2.05) is 12.4 Å². The molecule has 0 N–H and O–H groups in total. The van der Waals surface area contributed by atoms with Crippen molar-refractivity contribution in [2.24, 2.45) is 0 Å². The van der Waals surface area contributed by atoms with Crippen molar-refractivity contribution >= 4 is 0 Å². The fourth-order valence-electron chi connectivity index (χ4n) is 3.01. The van der Waals surface area contributed by atoms with Gasteiger partial charge in [0.25, 0.3) is 0 Å². The Morgan fingerprint density at radius 1 is 0.727 bits per heavy atom. The third kappa shape index (κ3) is 6.01. The summed E-state index contributed by atoms with van der Waals surface area (Å²) in [5, 5.41) is 0. The Hall–Kier alpha value is -1.63. The second-order valence-electron chi connectivity index (χ2n) is 6.10. The Morgan fingerprint density at radius 3 is 2.14 bits per heavy atom. The van der Waals surface area contributed by atoms with Crippen molar-refractivity contribution in [3.05, 3.63) is 65.5 Å². The molecule has 0 atom stereocenters. The summed E-state index contributed by atoms with van der Waals surface area (Å²) in [4.78, 5) is 4.22. The van der Waals surface area contributed by atoms with Crippen molar-refractivity contribution < 1.29 is 0 Å². The van der Waals surface area contributed by atoms with Gasteiger partial charge in [-0.05, 0) is 54.9 Å². The zero-order valence-electron chi connectivity index (χ0n) is 13.9. The van der Waals surface area contributed by atoms with Crippen LogP contribution in [0.1, 0.15) is 62.1 Å². The molecule has 0 aliphatic carbocycles. The van der Waals surface area contributed by atoms with E-state index < -0.39 is 0 Å². The van der Waals surface area contributed by atoms with Crippen LogP contribution >= 0.6 is 0 Å². The highest BCUT2D eigenvalue weighted by molar-refractivity contribution is 5.23. The van der Waals surface area contributed by atoms with Gasteiger partial charge in [0.2, 0.25) is 0 Å². The molecule has 0 amide bonds. The Bertz CT molecular complexity index is 518. The van der Waals surface area contributed by atoms with E-state index in [0.717, 1.165) is 6.42 Å². The highest BCUT2D eigenvalue weighted by Crippen LogP contribution is 2.14. The van der Waals surface area contributed by atoms with Crippen molar-refractivity contribution in [1.29, 1.82) is 0 Å². The third-order valence-electron chi connectivity index (χ3n) is 4.39. The number of benzene rings is 1. The molecule has 2 aromatic rings. The standard InChI is InChI=1S/C21H29N/c1-2-20-18-22-17-16-21(20)15-11-6-4-3-5-8-12-19-13-9-7-10-14-19/h7,9-10,13-14,16-18H,2-6,8,11-12,15H2,1H3. The monoisotopic (exact) mass is 295 g/mol. The van der Waals surface area contributed by atoms with Crippen molar-refractivity contribution in [3.8, 4) is 0 Å². The number of pyridine rings is 1. The van der Waals surface area contributed by atoms with Crippen molar-refractivity contribution in [2.45, 2.75) is 64.7 Å². The quantitative estimate of drug-likeness (QED) is 0.507. The van der Waals surface area contributed by atoms with Crippen LogP contribution in [-0.2, 0) is 19.3 Å². The highest BCUT2D eigenvalue weighted by Gasteiger charge is 2.00. The molecule has 118 valence electrons. The van der Waals surface area contributed by atoms with Crippen LogP contribution in [0.15, 0.2) is 48.8 Å². The maximum atomic E-state index is 4.22. The van der Waals surface area contributed by atoms with Crippen molar-refractivity contribution in [2.75, 3.05) is 0 Å². The molecular weight excluding hydrogens is 266 g/mol. The van der Waals surface area contributed by atoms with E-state index in [9.17, 15) is 0 Å². The molecule has 1 aromatic heterocycles. The van der Waals surface area contributed by atoms with Gasteiger partial charge in [-0.25, -0.2) is 0 Å². The summed E-state index contributed by atoms with van der Waals surface area (Å²) in [7, 11) is 0. The normalized spacial score (nSPS) is 10.8. The molecule has 1 heterocycles. The lowest BCUT2D eigenvalue weighted by molar-refractivity contribution is 0.593. The third-order valence-corrected chi connectivity index (χ3v) is 4.39. The molecule has 0 aliphatic heterocycles. The maximum absolute atomic E-state index is 4.22. The summed E-state index contributed by atoms with van der Waals surface area (Å²) in [5.41, 5.74) is 4.40. The second kappa shape index (κ2) is 10.2. The Kier molecular flexibility index (Phi) is 7.73. The zero-order chi connectivity index (χ0) is 15.5. The van der Waals surface area contributed by atoms with Crippen LogP contribution in [0.4, 0.5) is 0 Å². The number of nitrogens with zero attached hydrogens (tertiary/aromatic N) is 1. The number of hydrogen-bond acceptors (Lipinski definition) is 1. The van der Waals surface area contributed by atoms with E-state index >= 15 is 0 Å². The van der Waals surface area contributed by atoms with E-state index in [0.29, 0.717) is 0 Å². The lowest BCUT2D eigenvalue weighted by atomic mass is 10.0. The summed E-state index contributed by atoms with van der Waals surface area (Å²) in [6, 6.07) is 13.0. The van der Waals surface area contributed by atoms with E-state index in [1.54, 1.807) is 0 Å². The first kappa shape index (κ1) is 16.7. The van der Waals surface area contributed by atoms with Crippen molar-refractivity contribution in [3.63, 3.8) is 0 Å². The Morgan fingerprint density at radius 2 is 1.41 bits per heavy atom. The molecule has 0 saturated heterocycles. The topological polar surface area (TPSA) is 12.9 Å². The molecular formula is C21H29N. The molecule has 1 heteroatoms. The molecule has 0 radical (unpaired) electrons. The van der Waals surface area contributed by atoms with Crippen LogP contribution in [-0.4, -0.2) is 4.98 Å². The summed E-state index contributed by atoms with van der Waals surface area (Å²) in [6.07, 6.45) is 15.6. The molecule has 0 bridgehead atoms. The highest BCUT2D eigenvalue weighted by atomic mass is 14.6. The van der Waals surface area contributed by atoms with Gasteiger partial charge in [-0.15, -0.1) is 0 Å². The van der Waals surface area contributed by atoms with Gasteiger partial charge in [0.15, 0.2) is 0 Å². The molecule has 0 aliphatic rings. The van der Waals surface area contributed by atoms with Crippen LogP contribution in [0.2, 0.25) is 0 Å². The lowest BCUT2D eigenvalue weighted by Crippen LogP contribution is -1.94. The van der Waals surface area contributed by atoms with Gasteiger partial charge in [-0.3, -0.25) is 4.98 Å². The van der Waals surface area contributed by atoms with Gasteiger partial charge < -0.3 is 0 Å². The first-order chi connectivity index (χ1) is 10.9. The van der Waals surface area contributed by atoms with Crippen LogP contribution in [0.25, 0.3) is 0 Å². The minimum Gasteiger partial charge on any atom is -0.264 e. The molecule has 22 heavy (non-hydrogen) atoms. The number of rotatable bonds is 10. The average molecular weight is 295 g/mol. The number of aryl methyl sites for hydroxylation is 3. The second-order valence-corrected chi connectivity index (χ2v) is 6.10. The molecule has 0 spiro atoms. The van der Waals surface area contributed by atoms with Crippen molar-refractivity contribution in [1.82, 2.24) is 4.98 Å². The smallest absolute Gasteiger partial charge is 0.0302 e. The van der Waals surface area contributed by atoms with Crippen LogP contribution < -0.4 is 0 Å². The van der Waals surface area contributed by atoms with E-state index in [4.69, 9.17) is 0 Å². The van der Waals surface area contributed by atoms with Gasteiger partial charge >= 0.3 is 0 Å². The molecule has 0 fully saturated rings. The van der Waals surface area contributed by atoms with Gasteiger partial charge in [0.1, 0.15) is 0 Å². The molecule has 0 saturated carbocycles. The predicted molar refractivity (Wildman–Crippen MR) is 95.2 cm³/mol. The summed E-state index contributed by atoms with van der Waals surface area (Å²) in [6.45, 7) is 2.22. The van der Waals surface area contributed by atoms with Gasteiger partial charge in [-0.1, -0.05) is 62.9 Å². The van der Waals surface area contributed by atoms with Crippen LogP contribution in [0.5, 0.6) is 0 Å². The zero-order valence-corrected chi connectivity index (χ0v) is 13.9. The molecule has 0 unspecified atom stereocenters. The predicted octanol–water partition coefficient (Wildman–Crippen LogP) is 5.77. The summed E-state index contributed by atoms with van der Waals surface area (Å²) >= 11 is 0. The number of unbranched alkanes of at least 4 members (excludes halogenated alkanes) is 5. The SMILES string of the molecule is CCc1cnccc1CCCCCCCCc1ccccc1. The van der Waals surface area contributed by atoms with E-state index in [2.05, 4.69) is 48.3 Å². The first-order valence-electron chi connectivity index (χ1n) is 8.86. The lowest BCUT2D eigenvalue weighted by Gasteiger charge is -2.07. The molecule has 2 rings (SSSR count). The summed E-state index contributed by atoms with van der Waals surface area (Å²) in [5.74, 6) is 0. The van der Waals surface area contributed by atoms with Gasteiger partial charge in [0.05, 0.1) is 0 Å². The van der Waals surface area contributed by atoms with Gasteiger partial charge in [0, 0.05) is 12.4 Å². The minimum absolute atomic E-state index is 1.10. The minimum atomic E-state index is 1.10. The van der Waals surface area contributed by atoms with Crippen LogP contribution in [0, 0.1) is 0 Å². The molecule has 1 nitrogen and oxygen atoms in total. The number of aromatic nitrogens is 1. The Balaban J connectivity index is 1.51. The fourth-order valence-corrected chi connectivity index (χ4v) is 3.01. The van der Waals surface area contributed by atoms with E-state index in [-0.39, 0.29) is 0 Å². The maximum Gasteiger partial charge on any atom is 0.0302 e. The van der Waals surface area contributed by atoms with Gasteiger partial charge in [-0.2, -0.15) is 0 Å². The largest absolute Gasteiger partial charge is 0.264 e. The molecule has 1 aromatic carbocycles. The van der Waals surface area contributed by atoms with Crippen LogP contribution in [0.3, 0.4) is 0 Å².